The molecule has 0 saturated heterocycles. The molecule has 1 unspecified atom stereocenters. The lowest BCUT2D eigenvalue weighted by Crippen LogP contribution is -2.26. The van der Waals surface area contributed by atoms with Crippen LogP contribution in [0.4, 0.5) is 11.4 Å². The van der Waals surface area contributed by atoms with Gasteiger partial charge in [0.15, 0.2) is 6.10 Å². The summed E-state index contributed by atoms with van der Waals surface area (Å²) in [4.78, 5) is 4.26. The van der Waals surface area contributed by atoms with Gasteiger partial charge in [0.2, 0.25) is 0 Å². The SMILES string of the molecule is CC1(C)Cc2cccc(C3OC(N)=Nc4ccc(N)cc43)c2O1. The molecule has 2 aliphatic heterocycles. The number of hydrogen-bond donors (Lipinski definition) is 2. The third-order valence-electron chi connectivity index (χ3n) is 4.21. The summed E-state index contributed by atoms with van der Waals surface area (Å²) in [5.41, 5.74) is 16.1. The zero-order valence-corrected chi connectivity index (χ0v) is 13.2. The van der Waals surface area contributed by atoms with E-state index in [-0.39, 0.29) is 17.7 Å². The van der Waals surface area contributed by atoms with E-state index < -0.39 is 0 Å². The summed E-state index contributed by atoms with van der Waals surface area (Å²) in [6.07, 6.45) is 0.505. The van der Waals surface area contributed by atoms with Crippen LogP contribution >= 0.6 is 0 Å². The predicted octanol–water partition coefficient (Wildman–Crippen LogP) is 3.05. The highest BCUT2D eigenvalue weighted by Crippen LogP contribution is 2.45. The molecule has 2 aliphatic rings. The van der Waals surface area contributed by atoms with E-state index in [0.29, 0.717) is 5.69 Å². The van der Waals surface area contributed by atoms with Crippen molar-refractivity contribution in [3.63, 3.8) is 0 Å². The van der Waals surface area contributed by atoms with E-state index in [0.717, 1.165) is 29.0 Å². The maximum atomic E-state index is 6.17. The van der Waals surface area contributed by atoms with Crippen LogP contribution in [0, 0.1) is 0 Å². The van der Waals surface area contributed by atoms with Crippen molar-refractivity contribution in [3.05, 3.63) is 53.1 Å². The van der Waals surface area contributed by atoms with E-state index in [1.54, 1.807) is 0 Å². The molecule has 4 N–H and O–H groups in total. The molecule has 5 heteroatoms. The topological polar surface area (TPSA) is 82.9 Å². The van der Waals surface area contributed by atoms with E-state index in [4.69, 9.17) is 20.9 Å². The maximum absolute atomic E-state index is 6.17. The molecular weight excluding hydrogens is 290 g/mol. The molecule has 118 valence electrons. The van der Waals surface area contributed by atoms with Gasteiger partial charge >= 0.3 is 0 Å². The van der Waals surface area contributed by atoms with Gasteiger partial charge in [-0.3, -0.25) is 0 Å². The van der Waals surface area contributed by atoms with Gasteiger partial charge in [-0.05, 0) is 37.6 Å². The monoisotopic (exact) mass is 309 g/mol. The van der Waals surface area contributed by atoms with Crippen molar-refractivity contribution >= 4 is 17.4 Å². The van der Waals surface area contributed by atoms with Gasteiger partial charge in [-0.2, -0.15) is 4.99 Å². The summed E-state index contributed by atoms with van der Waals surface area (Å²) in [7, 11) is 0. The van der Waals surface area contributed by atoms with Gasteiger partial charge in [-0.25, -0.2) is 0 Å². The molecule has 0 radical (unpaired) electrons. The fourth-order valence-corrected chi connectivity index (χ4v) is 3.29. The van der Waals surface area contributed by atoms with Gasteiger partial charge in [0, 0.05) is 23.2 Å². The van der Waals surface area contributed by atoms with Crippen LogP contribution in [0.5, 0.6) is 5.75 Å². The van der Waals surface area contributed by atoms with Gasteiger partial charge in [0.25, 0.3) is 6.02 Å². The second-order valence-electron chi connectivity index (χ2n) is 6.64. The third-order valence-corrected chi connectivity index (χ3v) is 4.21. The molecule has 1 atom stereocenters. The lowest BCUT2D eigenvalue weighted by Gasteiger charge is -2.27. The van der Waals surface area contributed by atoms with Gasteiger partial charge in [-0.1, -0.05) is 18.2 Å². The van der Waals surface area contributed by atoms with Crippen LogP contribution in [0.2, 0.25) is 0 Å². The minimum absolute atomic E-state index is 0.155. The molecule has 5 nitrogen and oxygen atoms in total. The summed E-state index contributed by atoms with van der Waals surface area (Å²) in [6, 6.07) is 11.8. The number of aliphatic imine (C=N–C) groups is 1. The highest BCUT2D eigenvalue weighted by Gasteiger charge is 2.35. The smallest absolute Gasteiger partial charge is 0.288 e. The minimum Gasteiger partial charge on any atom is -0.487 e. The molecule has 0 fully saturated rings. The first-order valence-corrected chi connectivity index (χ1v) is 7.64. The highest BCUT2D eigenvalue weighted by atomic mass is 16.5. The van der Waals surface area contributed by atoms with Crippen LogP contribution in [-0.2, 0) is 11.2 Å². The second kappa shape index (κ2) is 4.65. The number of fused-ring (bicyclic) bond motifs is 2. The molecule has 0 spiro atoms. The fraction of sp³-hybridized carbons (Fsp3) is 0.278. The number of nitrogens with two attached hydrogens (primary N) is 2. The molecule has 4 rings (SSSR count). The molecule has 0 saturated carbocycles. The van der Waals surface area contributed by atoms with Crippen molar-refractivity contribution in [3.8, 4) is 5.75 Å². The first kappa shape index (κ1) is 13.9. The summed E-state index contributed by atoms with van der Waals surface area (Å²) in [5.74, 6) is 0.880. The number of anilines is 1. The average Bonchev–Trinajstić information content (AvgIpc) is 2.80. The van der Waals surface area contributed by atoms with Crippen molar-refractivity contribution in [1.29, 1.82) is 0 Å². The Balaban J connectivity index is 1.87. The summed E-state index contributed by atoms with van der Waals surface area (Å²) in [5, 5.41) is 0. The Morgan fingerprint density at radius 2 is 1.96 bits per heavy atom. The van der Waals surface area contributed by atoms with E-state index in [1.165, 1.54) is 5.56 Å². The van der Waals surface area contributed by atoms with Crippen molar-refractivity contribution in [2.75, 3.05) is 5.73 Å². The standard InChI is InChI=1S/C18H19N3O2/c1-18(2)9-10-4-3-5-12(15(10)23-18)16-13-8-11(19)6-7-14(13)21-17(20)22-16/h3-8,16H,9,19H2,1-2H3,(H2,20,21). The van der Waals surface area contributed by atoms with Gasteiger partial charge in [0.1, 0.15) is 11.4 Å². The van der Waals surface area contributed by atoms with Crippen LogP contribution in [-0.4, -0.2) is 11.6 Å². The molecule has 0 aromatic heterocycles. The number of hydrogen-bond acceptors (Lipinski definition) is 5. The molecule has 23 heavy (non-hydrogen) atoms. The zero-order chi connectivity index (χ0) is 16.2. The summed E-state index contributed by atoms with van der Waals surface area (Å²) >= 11 is 0. The Morgan fingerprint density at radius 1 is 1.13 bits per heavy atom. The van der Waals surface area contributed by atoms with Gasteiger partial charge in [-0.15, -0.1) is 0 Å². The lowest BCUT2D eigenvalue weighted by atomic mass is 9.94. The predicted molar refractivity (Wildman–Crippen MR) is 89.9 cm³/mol. The van der Waals surface area contributed by atoms with Crippen molar-refractivity contribution < 1.29 is 9.47 Å². The number of benzene rings is 2. The quantitative estimate of drug-likeness (QED) is 0.793. The molecule has 0 aliphatic carbocycles. The largest absolute Gasteiger partial charge is 0.487 e. The number of nitrogens with zero attached hydrogens (tertiary/aromatic N) is 1. The molecule has 2 heterocycles. The summed E-state index contributed by atoms with van der Waals surface area (Å²) < 4.78 is 12.0. The van der Waals surface area contributed by atoms with Crippen LogP contribution in [0.3, 0.4) is 0 Å². The molecule has 2 aromatic rings. The van der Waals surface area contributed by atoms with Crippen LogP contribution < -0.4 is 16.2 Å². The van der Waals surface area contributed by atoms with E-state index in [1.807, 2.05) is 30.3 Å². The Labute approximate surface area is 134 Å². The average molecular weight is 309 g/mol. The maximum Gasteiger partial charge on any atom is 0.288 e. The minimum atomic E-state index is -0.366. The number of ether oxygens (including phenoxy) is 2. The number of nitrogen functional groups attached to an aromatic ring is 1. The number of para-hydroxylation sites is 1. The Morgan fingerprint density at radius 3 is 2.78 bits per heavy atom. The first-order valence-electron chi connectivity index (χ1n) is 7.64. The van der Waals surface area contributed by atoms with E-state index >= 15 is 0 Å². The van der Waals surface area contributed by atoms with Crippen molar-refractivity contribution in [2.45, 2.75) is 32.0 Å². The number of amidine groups is 1. The lowest BCUT2D eigenvalue weighted by molar-refractivity contribution is 0.132. The van der Waals surface area contributed by atoms with E-state index in [2.05, 4.69) is 24.9 Å². The molecule has 2 aromatic carbocycles. The normalized spacial score (nSPS) is 20.8. The van der Waals surface area contributed by atoms with Crippen molar-refractivity contribution in [1.82, 2.24) is 0 Å². The second-order valence-corrected chi connectivity index (χ2v) is 6.64. The molecule has 0 amide bonds. The Bertz CT molecular complexity index is 827. The molecular formula is C18H19N3O2. The Kier molecular flexibility index (Phi) is 2.82. The summed E-state index contributed by atoms with van der Waals surface area (Å²) in [6.45, 7) is 4.17. The van der Waals surface area contributed by atoms with Gasteiger partial charge in [0.05, 0.1) is 5.69 Å². The van der Waals surface area contributed by atoms with Crippen LogP contribution in [0.25, 0.3) is 0 Å². The van der Waals surface area contributed by atoms with Crippen LogP contribution in [0.1, 0.15) is 36.6 Å². The van der Waals surface area contributed by atoms with Crippen LogP contribution in [0.15, 0.2) is 41.4 Å². The van der Waals surface area contributed by atoms with Gasteiger partial charge < -0.3 is 20.9 Å². The third kappa shape index (κ3) is 2.29. The Hall–Kier alpha value is -2.69. The first-order chi connectivity index (χ1) is 10.9. The van der Waals surface area contributed by atoms with E-state index in [9.17, 15) is 0 Å². The zero-order valence-electron chi connectivity index (χ0n) is 13.2. The highest BCUT2D eigenvalue weighted by molar-refractivity contribution is 5.80. The molecule has 0 bridgehead atoms. The van der Waals surface area contributed by atoms with Crippen molar-refractivity contribution in [2.24, 2.45) is 10.7 Å². The number of rotatable bonds is 1. The fourth-order valence-electron chi connectivity index (χ4n) is 3.29.